The standard InChI is InChI=1S/C23H25ClN2O3S/c1-5-7-20-21(15-8-11-17(24)12-9-15)26(6-2)23(30-20)25-22(27)16-10-13-18(28-3)19(14-16)29-4/h8-14H,5-7H2,1-4H3. The van der Waals surface area contributed by atoms with Gasteiger partial charge in [-0.1, -0.05) is 37.1 Å². The largest absolute Gasteiger partial charge is 0.493 e. The van der Waals surface area contributed by atoms with Crippen molar-refractivity contribution in [3.05, 3.63) is 62.7 Å². The third-order valence-corrected chi connectivity index (χ3v) is 6.11. The Morgan fingerprint density at radius 3 is 2.37 bits per heavy atom. The Kier molecular flexibility index (Phi) is 7.34. The fourth-order valence-corrected chi connectivity index (χ4v) is 4.71. The summed E-state index contributed by atoms with van der Waals surface area (Å²) in [6.45, 7) is 4.91. The molecule has 0 aliphatic heterocycles. The molecule has 5 nitrogen and oxygen atoms in total. The topological polar surface area (TPSA) is 52.8 Å². The molecule has 0 radical (unpaired) electrons. The van der Waals surface area contributed by atoms with Crippen molar-refractivity contribution in [2.24, 2.45) is 4.99 Å². The van der Waals surface area contributed by atoms with Gasteiger partial charge in [-0.3, -0.25) is 4.79 Å². The highest BCUT2D eigenvalue weighted by Gasteiger charge is 2.16. The molecule has 0 aliphatic carbocycles. The Morgan fingerprint density at radius 1 is 1.07 bits per heavy atom. The molecule has 0 N–H and O–H groups in total. The molecule has 0 bridgehead atoms. The van der Waals surface area contributed by atoms with Crippen LogP contribution in [0.25, 0.3) is 11.3 Å². The Labute approximate surface area is 185 Å². The number of ether oxygens (including phenoxy) is 2. The quantitative estimate of drug-likeness (QED) is 0.476. The molecule has 3 aromatic rings. The lowest BCUT2D eigenvalue weighted by Crippen LogP contribution is -2.17. The molecule has 3 rings (SSSR count). The predicted octanol–water partition coefficient (Wildman–Crippen LogP) is 5.60. The van der Waals surface area contributed by atoms with Gasteiger partial charge in [0.2, 0.25) is 0 Å². The molecule has 158 valence electrons. The van der Waals surface area contributed by atoms with Crippen molar-refractivity contribution in [2.75, 3.05) is 14.2 Å². The van der Waals surface area contributed by atoms with Crippen LogP contribution in [0.4, 0.5) is 0 Å². The third kappa shape index (κ3) is 4.60. The maximum absolute atomic E-state index is 12.9. The van der Waals surface area contributed by atoms with Crippen LogP contribution in [0.5, 0.6) is 11.5 Å². The van der Waals surface area contributed by atoms with E-state index in [-0.39, 0.29) is 5.91 Å². The van der Waals surface area contributed by atoms with Gasteiger partial charge >= 0.3 is 0 Å². The first-order valence-electron chi connectivity index (χ1n) is 9.81. The van der Waals surface area contributed by atoms with Crippen LogP contribution in [0.15, 0.2) is 47.5 Å². The van der Waals surface area contributed by atoms with Gasteiger partial charge < -0.3 is 14.0 Å². The molecule has 0 fully saturated rings. The van der Waals surface area contributed by atoms with E-state index < -0.39 is 0 Å². The Hall–Kier alpha value is -2.57. The molecule has 2 aromatic carbocycles. The van der Waals surface area contributed by atoms with E-state index in [0.29, 0.717) is 33.4 Å². The number of rotatable bonds is 7. The molecule has 0 spiro atoms. The second-order valence-corrected chi connectivity index (χ2v) is 8.14. The second kappa shape index (κ2) is 9.96. The monoisotopic (exact) mass is 444 g/mol. The van der Waals surface area contributed by atoms with Crippen LogP contribution in [0.2, 0.25) is 5.02 Å². The molecule has 0 aliphatic rings. The molecule has 0 saturated carbocycles. The number of carbonyl (C=O) groups is 1. The molecular formula is C23H25ClN2O3S. The van der Waals surface area contributed by atoms with E-state index in [9.17, 15) is 4.79 Å². The van der Waals surface area contributed by atoms with Gasteiger partial charge in [-0.05, 0) is 49.2 Å². The fourth-order valence-electron chi connectivity index (χ4n) is 3.28. The SMILES string of the molecule is CCCc1sc(=NC(=O)c2ccc(OC)c(OC)c2)n(CC)c1-c1ccc(Cl)cc1. The summed E-state index contributed by atoms with van der Waals surface area (Å²) in [6.07, 6.45) is 1.93. The van der Waals surface area contributed by atoms with Crippen molar-refractivity contribution >= 4 is 28.8 Å². The first kappa shape index (κ1) is 22.1. The summed E-state index contributed by atoms with van der Waals surface area (Å²) in [5.74, 6) is 0.760. The first-order valence-corrected chi connectivity index (χ1v) is 11.0. The van der Waals surface area contributed by atoms with Gasteiger partial charge in [0, 0.05) is 22.0 Å². The minimum Gasteiger partial charge on any atom is -0.493 e. The van der Waals surface area contributed by atoms with Crippen LogP contribution < -0.4 is 14.3 Å². The Bertz CT molecular complexity index is 1100. The normalized spacial score (nSPS) is 11.6. The van der Waals surface area contributed by atoms with E-state index in [1.54, 1.807) is 43.8 Å². The molecule has 1 aromatic heterocycles. The van der Waals surface area contributed by atoms with Crippen molar-refractivity contribution in [3.63, 3.8) is 0 Å². The van der Waals surface area contributed by atoms with Crippen molar-refractivity contribution in [1.82, 2.24) is 4.57 Å². The maximum Gasteiger partial charge on any atom is 0.279 e. The average molecular weight is 445 g/mol. The van der Waals surface area contributed by atoms with Crippen LogP contribution in [-0.4, -0.2) is 24.7 Å². The number of amides is 1. The lowest BCUT2D eigenvalue weighted by atomic mass is 10.1. The summed E-state index contributed by atoms with van der Waals surface area (Å²) < 4.78 is 12.7. The lowest BCUT2D eigenvalue weighted by molar-refractivity contribution is 0.0997. The zero-order valence-electron chi connectivity index (χ0n) is 17.6. The minimum atomic E-state index is -0.315. The summed E-state index contributed by atoms with van der Waals surface area (Å²) in [6, 6.07) is 12.9. The van der Waals surface area contributed by atoms with Crippen molar-refractivity contribution in [3.8, 4) is 22.8 Å². The second-order valence-electron chi connectivity index (χ2n) is 6.64. The van der Waals surface area contributed by atoms with Gasteiger partial charge in [0.25, 0.3) is 5.91 Å². The number of aromatic nitrogens is 1. The van der Waals surface area contributed by atoms with Crippen LogP contribution in [0.1, 0.15) is 35.5 Å². The summed E-state index contributed by atoms with van der Waals surface area (Å²) >= 11 is 7.64. The van der Waals surface area contributed by atoms with Crippen molar-refractivity contribution in [1.29, 1.82) is 0 Å². The van der Waals surface area contributed by atoms with Crippen LogP contribution >= 0.6 is 22.9 Å². The maximum atomic E-state index is 12.9. The van der Waals surface area contributed by atoms with Crippen molar-refractivity contribution in [2.45, 2.75) is 33.2 Å². The zero-order valence-corrected chi connectivity index (χ0v) is 19.1. The van der Waals surface area contributed by atoms with E-state index in [0.717, 1.165) is 24.1 Å². The van der Waals surface area contributed by atoms with Gasteiger partial charge in [0.15, 0.2) is 16.3 Å². The summed E-state index contributed by atoms with van der Waals surface area (Å²) in [5.41, 5.74) is 2.62. The number of aryl methyl sites for hydroxylation is 1. The number of nitrogens with zero attached hydrogens (tertiary/aromatic N) is 2. The smallest absolute Gasteiger partial charge is 0.279 e. The molecule has 0 unspecified atom stereocenters. The summed E-state index contributed by atoms with van der Waals surface area (Å²) in [5, 5.41) is 0.697. The van der Waals surface area contributed by atoms with Crippen molar-refractivity contribution < 1.29 is 14.3 Å². The van der Waals surface area contributed by atoms with Gasteiger partial charge in [0.1, 0.15) is 0 Å². The molecule has 30 heavy (non-hydrogen) atoms. The molecule has 1 amide bonds. The molecule has 7 heteroatoms. The summed E-state index contributed by atoms with van der Waals surface area (Å²) in [7, 11) is 3.11. The molecule has 1 heterocycles. The first-order chi connectivity index (χ1) is 14.5. The third-order valence-electron chi connectivity index (χ3n) is 4.72. The highest BCUT2D eigenvalue weighted by atomic mass is 35.5. The van der Waals surface area contributed by atoms with E-state index in [1.165, 1.54) is 4.88 Å². The molecule has 0 atom stereocenters. The summed E-state index contributed by atoms with van der Waals surface area (Å²) in [4.78, 5) is 19.3. The van der Waals surface area contributed by atoms with Crippen LogP contribution in [-0.2, 0) is 13.0 Å². The number of benzene rings is 2. The number of hydrogen-bond donors (Lipinski definition) is 0. The number of thiazole rings is 1. The van der Waals surface area contributed by atoms with E-state index >= 15 is 0 Å². The Morgan fingerprint density at radius 2 is 1.77 bits per heavy atom. The van der Waals surface area contributed by atoms with Gasteiger partial charge in [-0.15, -0.1) is 11.3 Å². The number of halogens is 1. The Balaban J connectivity index is 2.11. The average Bonchev–Trinajstić information content (AvgIpc) is 3.10. The van der Waals surface area contributed by atoms with Crippen LogP contribution in [0.3, 0.4) is 0 Å². The van der Waals surface area contributed by atoms with E-state index in [1.807, 2.05) is 24.3 Å². The minimum absolute atomic E-state index is 0.315. The number of carbonyl (C=O) groups excluding carboxylic acids is 1. The lowest BCUT2D eigenvalue weighted by Gasteiger charge is -2.09. The van der Waals surface area contributed by atoms with E-state index in [4.69, 9.17) is 21.1 Å². The highest BCUT2D eigenvalue weighted by molar-refractivity contribution is 7.09. The number of methoxy groups -OCH3 is 2. The zero-order chi connectivity index (χ0) is 21.7. The fraction of sp³-hybridized carbons (Fsp3) is 0.304. The molecular weight excluding hydrogens is 420 g/mol. The van der Waals surface area contributed by atoms with Crippen LogP contribution in [0, 0.1) is 0 Å². The van der Waals surface area contributed by atoms with Gasteiger partial charge in [-0.25, -0.2) is 0 Å². The predicted molar refractivity (Wildman–Crippen MR) is 122 cm³/mol. The van der Waals surface area contributed by atoms with E-state index in [2.05, 4.69) is 23.4 Å². The van der Waals surface area contributed by atoms with Gasteiger partial charge in [0.05, 0.1) is 19.9 Å². The molecule has 0 saturated heterocycles. The number of hydrogen-bond acceptors (Lipinski definition) is 4. The highest BCUT2D eigenvalue weighted by Crippen LogP contribution is 2.29. The van der Waals surface area contributed by atoms with Gasteiger partial charge in [-0.2, -0.15) is 4.99 Å².